The van der Waals surface area contributed by atoms with Crippen molar-refractivity contribution in [2.45, 2.75) is 25.8 Å². The number of ether oxygens (including phenoxy) is 1. The van der Waals surface area contributed by atoms with Crippen molar-refractivity contribution < 1.29 is 14.5 Å². The van der Waals surface area contributed by atoms with E-state index in [1.165, 1.54) is 6.20 Å². The summed E-state index contributed by atoms with van der Waals surface area (Å²) < 4.78 is 4.89. The fraction of sp³-hybridized carbons (Fsp3) is 0.600. The Bertz CT molecular complexity index is 458. The molecular formula is C10H13N3O4S. The van der Waals surface area contributed by atoms with E-state index >= 15 is 0 Å². The zero-order chi connectivity index (χ0) is 13.1. The second-order valence-corrected chi connectivity index (χ2v) is 4.89. The highest BCUT2D eigenvalue weighted by Crippen LogP contribution is 2.36. The van der Waals surface area contributed by atoms with Gasteiger partial charge in [-0.3, -0.25) is 14.9 Å². The van der Waals surface area contributed by atoms with E-state index in [1.54, 1.807) is 11.8 Å². The summed E-state index contributed by atoms with van der Waals surface area (Å²) in [4.78, 5) is 27.4. The first-order chi connectivity index (χ1) is 8.61. The van der Waals surface area contributed by atoms with Gasteiger partial charge in [0.1, 0.15) is 12.7 Å². The molecule has 0 spiro atoms. The van der Waals surface area contributed by atoms with E-state index in [1.807, 2.05) is 0 Å². The molecule has 18 heavy (non-hydrogen) atoms. The molecule has 1 saturated carbocycles. The van der Waals surface area contributed by atoms with E-state index in [-0.39, 0.29) is 23.6 Å². The highest BCUT2D eigenvalue weighted by atomic mass is 32.1. The van der Waals surface area contributed by atoms with Gasteiger partial charge in [0.2, 0.25) is 0 Å². The predicted octanol–water partition coefficient (Wildman–Crippen LogP) is 1.58. The Morgan fingerprint density at radius 1 is 1.72 bits per heavy atom. The van der Waals surface area contributed by atoms with Crippen molar-refractivity contribution in [2.75, 3.05) is 18.1 Å². The minimum atomic E-state index is -0.476. The minimum Gasteiger partial charge on any atom is -0.465 e. The molecule has 0 atom stereocenters. The van der Waals surface area contributed by atoms with Crippen LogP contribution in [0.25, 0.3) is 0 Å². The number of nitro groups is 1. The van der Waals surface area contributed by atoms with Gasteiger partial charge in [-0.1, -0.05) is 0 Å². The molecule has 7 nitrogen and oxygen atoms in total. The van der Waals surface area contributed by atoms with Crippen LogP contribution in [0.4, 0.5) is 10.1 Å². The van der Waals surface area contributed by atoms with Crippen LogP contribution in [0, 0.1) is 10.1 Å². The van der Waals surface area contributed by atoms with Crippen LogP contribution in [-0.4, -0.2) is 35.1 Å². The molecule has 0 aromatic carbocycles. The van der Waals surface area contributed by atoms with Gasteiger partial charge in [-0.05, 0) is 31.1 Å². The number of thiazole rings is 1. The van der Waals surface area contributed by atoms with Gasteiger partial charge in [-0.15, -0.1) is 0 Å². The quantitative estimate of drug-likeness (QED) is 0.443. The van der Waals surface area contributed by atoms with Crippen molar-refractivity contribution in [1.82, 2.24) is 4.98 Å². The summed E-state index contributed by atoms with van der Waals surface area (Å²) in [6.07, 6.45) is 3.18. The monoisotopic (exact) mass is 271 g/mol. The van der Waals surface area contributed by atoms with Crippen LogP contribution >= 0.6 is 11.3 Å². The molecule has 0 amide bonds. The summed E-state index contributed by atoms with van der Waals surface area (Å²) in [5.74, 6) is -0.331. The number of hydrogen-bond acceptors (Lipinski definition) is 7. The molecule has 1 fully saturated rings. The summed E-state index contributed by atoms with van der Waals surface area (Å²) >= 11 is 0.985. The SMILES string of the molecule is CCOC(=O)CN(c1ncc([N+](=O)[O-])s1)C1CC1. The summed E-state index contributed by atoms with van der Waals surface area (Å²) in [6, 6.07) is 0.250. The smallest absolute Gasteiger partial charge is 0.345 e. The number of aromatic nitrogens is 1. The number of esters is 1. The van der Waals surface area contributed by atoms with Crippen molar-refractivity contribution in [3.63, 3.8) is 0 Å². The van der Waals surface area contributed by atoms with E-state index in [2.05, 4.69) is 4.98 Å². The summed E-state index contributed by atoms with van der Waals surface area (Å²) in [7, 11) is 0. The largest absolute Gasteiger partial charge is 0.465 e. The van der Waals surface area contributed by atoms with Gasteiger partial charge >= 0.3 is 11.0 Å². The second-order valence-electron chi connectivity index (χ2n) is 3.90. The molecule has 1 aliphatic carbocycles. The van der Waals surface area contributed by atoms with E-state index in [0.717, 1.165) is 24.2 Å². The highest BCUT2D eigenvalue weighted by Gasteiger charge is 2.33. The van der Waals surface area contributed by atoms with Crippen molar-refractivity contribution in [3.05, 3.63) is 16.3 Å². The molecule has 0 saturated heterocycles. The van der Waals surface area contributed by atoms with Crippen molar-refractivity contribution >= 4 is 27.4 Å². The van der Waals surface area contributed by atoms with Crippen LogP contribution in [0.1, 0.15) is 19.8 Å². The third-order valence-electron chi connectivity index (χ3n) is 2.50. The summed E-state index contributed by atoms with van der Waals surface area (Å²) in [6.45, 7) is 2.17. The molecule has 0 unspecified atom stereocenters. The predicted molar refractivity (Wildman–Crippen MR) is 65.8 cm³/mol. The molecule has 2 rings (SSSR count). The normalized spacial score (nSPS) is 14.3. The number of carbonyl (C=O) groups is 1. The van der Waals surface area contributed by atoms with Gasteiger partial charge in [-0.25, -0.2) is 4.98 Å². The Balaban J connectivity index is 2.09. The first-order valence-corrected chi connectivity index (χ1v) is 6.46. The van der Waals surface area contributed by atoms with Crippen molar-refractivity contribution in [3.8, 4) is 0 Å². The molecule has 1 heterocycles. The van der Waals surface area contributed by atoms with Crippen LogP contribution < -0.4 is 4.90 Å². The van der Waals surface area contributed by atoms with E-state index < -0.39 is 4.92 Å². The maximum atomic E-state index is 11.5. The Kier molecular flexibility index (Phi) is 3.75. The lowest BCUT2D eigenvalue weighted by Crippen LogP contribution is -2.32. The fourth-order valence-electron chi connectivity index (χ4n) is 1.56. The average Bonchev–Trinajstić information content (AvgIpc) is 3.03. The first-order valence-electron chi connectivity index (χ1n) is 5.64. The number of anilines is 1. The molecular weight excluding hydrogens is 258 g/mol. The molecule has 0 radical (unpaired) electrons. The lowest BCUT2D eigenvalue weighted by Gasteiger charge is -2.19. The molecule has 1 aromatic heterocycles. The van der Waals surface area contributed by atoms with Crippen LogP contribution in [0.2, 0.25) is 0 Å². The average molecular weight is 271 g/mol. The molecule has 0 N–H and O–H groups in total. The number of hydrogen-bond donors (Lipinski definition) is 0. The molecule has 1 aliphatic rings. The van der Waals surface area contributed by atoms with E-state index in [0.29, 0.717) is 11.7 Å². The Labute approximate surface area is 108 Å². The molecule has 0 bridgehead atoms. The zero-order valence-corrected chi connectivity index (χ0v) is 10.7. The van der Waals surface area contributed by atoms with E-state index in [4.69, 9.17) is 4.74 Å². The second kappa shape index (κ2) is 5.30. The Morgan fingerprint density at radius 3 is 2.94 bits per heavy atom. The highest BCUT2D eigenvalue weighted by molar-refractivity contribution is 7.18. The van der Waals surface area contributed by atoms with Gasteiger partial charge in [0.25, 0.3) is 0 Å². The van der Waals surface area contributed by atoms with Crippen LogP contribution in [-0.2, 0) is 9.53 Å². The lowest BCUT2D eigenvalue weighted by atomic mass is 10.5. The number of nitrogens with zero attached hydrogens (tertiary/aromatic N) is 3. The van der Waals surface area contributed by atoms with E-state index in [9.17, 15) is 14.9 Å². The van der Waals surface area contributed by atoms with Gasteiger partial charge in [0.05, 0.1) is 11.5 Å². The summed E-state index contributed by atoms with van der Waals surface area (Å²) in [5.41, 5.74) is 0. The molecule has 0 aliphatic heterocycles. The Morgan fingerprint density at radius 2 is 2.44 bits per heavy atom. The van der Waals surface area contributed by atoms with Crippen LogP contribution in [0.3, 0.4) is 0 Å². The fourth-order valence-corrected chi connectivity index (χ4v) is 2.36. The molecule has 1 aromatic rings. The maximum absolute atomic E-state index is 11.5. The van der Waals surface area contributed by atoms with Gasteiger partial charge in [0, 0.05) is 6.04 Å². The topological polar surface area (TPSA) is 85.6 Å². The minimum absolute atomic E-state index is 0.0143. The molecule has 8 heteroatoms. The number of rotatable bonds is 6. The van der Waals surface area contributed by atoms with Crippen molar-refractivity contribution in [2.24, 2.45) is 0 Å². The number of carbonyl (C=O) groups excluding carboxylic acids is 1. The lowest BCUT2D eigenvalue weighted by molar-refractivity contribution is -0.380. The van der Waals surface area contributed by atoms with Crippen molar-refractivity contribution in [1.29, 1.82) is 0 Å². The van der Waals surface area contributed by atoms with Gasteiger partial charge < -0.3 is 9.64 Å². The van der Waals surface area contributed by atoms with Gasteiger partial charge in [0.15, 0.2) is 5.13 Å². The zero-order valence-electron chi connectivity index (χ0n) is 9.87. The standard InChI is InChI=1S/C10H13N3O4S/c1-2-17-9(14)6-12(7-3-4-7)10-11-5-8(18-10)13(15)16/h5,7H,2-4,6H2,1H3. The van der Waals surface area contributed by atoms with Crippen LogP contribution in [0.15, 0.2) is 6.20 Å². The third kappa shape index (κ3) is 2.95. The summed E-state index contributed by atoms with van der Waals surface area (Å²) in [5, 5.41) is 11.1. The first kappa shape index (κ1) is 12.7. The third-order valence-corrected chi connectivity index (χ3v) is 3.49. The Hall–Kier alpha value is -1.70. The van der Waals surface area contributed by atoms with Gasteiger partial charge in [-0.2, -0.15) is 0 Å². The van der Waals surface area contributed by atoms with Crippen LogP contribution in [0.5, 0.6) is 0 Å². The molecule has 98 valence electrons. The maximum Gasteiger partial charge on any atom is 0.345 e.